The lowest BCUT2D eigenvalue weighted by Crippen LogP contribution is -2.20. The van der Waals surface area contributed by atoms with Gasteiger partial charge < -0.3 is 10.6 Å². The van der Waals surface area contributed by atoms with Crippen molar-refractivity contribution in [2.45, 2.75) is 32.6 Å². The van der Waals surface area contributed by atoms with E-state index in [1.807, 2.05) is 41.8 Å². The van der Waals surface area contributed by atoms with Crippen molar-refractivity contribution in [1.82, 2.24) is 4.98 Å². The van der Waals surface area contributed by atoms with Crippen LogP contribution in [0.5, 0.6) is 0 Å². The molecule has 2 N–H and O–H groups in total. The Morgan fingerprint density at radius 1 is 0.906 bits per heavy atom. The van der Waals surface area contributed by atoms with Crippen LogP contribution in [-0.2, 0) is 11.8 Å². The molecule has 32 heavy (non-hydrogen) atoms. The number of hydrogen-bond donors (Lipinski definition) is 2. The normalized spacial score (nSPS) is 11.2. The minimum Gasteiger partial charge on any atom is -0.308 e. The van der Waals surface area contributed by atoms with Crippen molar-refractivity contribution >= 4 is 28.7 Å². The molecular formula is C27H27N3OS. The van der Waals surface area contributed by atoms with Crippen molar-refractivity contribution in [3.63, 3.8) is 0 Å². The highest BCUT2D eigenvalue weighted by Crippen LogP contribution is 2.34. The molecule has 4 rings (SSSR count). The number of carbonyl (C=O) groups excluding carboxylic acids is 1. The molecule has 5 heteroatoms. The Morgan fingerprint density at radius 2 is 1.62 bits per heavy atom. The van der Waals surface area contributed by atoms with Crippen LogP contribution in [0, 0.1) is 0 Å². The Kier molecular flexibility index (Phi) is 6.37. The van der Waals surface area contributed by atoms with E-state index in [-0.39, 0.29) is 11.4 Å². The molecule has 0 saturated heterocycles. The lowest BCUT2D eigenvalue weighted by Gasteiger charge is -2.21. The molecule has 162 valence electrons. The van der Waals surface area contributed by atoms with Crippen molar-refractivity contribution in [1.29, 1.82) is 0 Å². The zero-order chi connectivity index (χ0) is 22.6. The molecule has 2 aromatic heterocycles. The standard InChI is InChI=1S/C27H27N3OS/c1-27(2,3)22-6-9-24(21-12-15-32-18-21)25(17-22)30-26(31)29-23-7-4-19(5-8-23)16-20-10-13-28-14-11-20/h4-15,17-18H,16H2,1-3H3,(H2,29,30,31). The van der Waals surface area contributed by atoms with Crippen LogP contribution < -0.4 is 10.6 Å². The van der Waals surface area contributed by atoms with Gasteiger partial charge in [0.2, 0.25) is 0 Å². The number of rotatable bonds is 5. The fourth-order valence-corrected chi connectivity index (χ4v) is 4.17. The Morgan fingerprint density at radius 3 is 2.28 bits per heavy atom. The minimum atomic E-state index is -0.255. The van der Waals surface area contributed by atoms with E-state index < -0.39 is 0 Å². The summed E-state index contributed by atoms with van der Waals surface area (Å²) in [6, 6.07) is 20.1. The highest BCUT2D eigenvalue weighted by Gasteiger charge is 2.17. The molecule has 4 aromatic rings. The number of pyridine rings is 1. The van der Waals surface area contributed by atoms with Gasteiger partial charge in [-0.25, -0.2) is 4.79 Å². The van der Waals surface area contributed by atoms with Gasteiger partial charge in [-0.3, -0.25) is 4.98 Å². The van der Waals surface area contributed by atoms with Crippen LogP contribution in [0.1, 0.15) is 37.5 Å². The van der Waals surface area contributed by atoms with E-state index in [1.54, 1.807) is 23.7 Å². The van der Waals surface area contributed by atoms with Crippen LogP contribution in [0.15, 0.2) is 83.8 Å². The van der Waals surface area contributed by atoms with Crippen LogP contribution in [0.25, 0.3) is 11.1 Å². The fourth-order valence-electron chi connectivity index (χ4n) is 3.51. The molecule has 4 nitrogen and oxygen atoms in total. The van der Waals surface area contributed by atoms with Gasteiger partial charge in [-0.15, -0.1) is 0 Å². The molecule has 0 bridgehead atoms. The highest BCUT2D eigenvalue weighted by molar-refractivity contribution is 7.08. The van der Waals surface area contributed by atoms with E-state index >= 15 is 0 Å². The largest absolute Gasteiger partial charge is 0.323 e. The molecule has 0 aliphatic rings. The first-order valence-electron chi connectivity index (χ1n) is 10.6. The summed E-state index contributed by atoms with van der Waals surface area (Å²) >= 11 is 1.64. The second kappa shape index (κ2) is 9.37. The molecule has 2 amide bonds. The minimum absolute atomic E-state index is 0.00920. The molecule has 0 atom stereocenters. The smallest absolute Gasteiger partial charge is 0.308 e. The second-order valence-corrected chi connectivity index (χ2v) is 9.61. The van der Waals surface area contributed by atoms with E-state index in [9.17, 15) is 4.79 Å². The van der Waals surface area contributed by atoms with Gasteiger partial charge >= 0.3 is 6.03 Å². The van der Waals surface area contributed by atoms with Crippen molar-refractivity contribution in [2.75, 3.05) is 10.6 Å². The SMILES string of the molecule is CC(C)(C)c1ccc(-c2ccsc2)c(NC(=O)Nc2ccc(Cc3ccncc3)cc2)c1. The number of urea groups is 1. The predicted octanol–water partition coefficient (Wildman–Crippen LogP) is 7.34. The maximum atomic E-state index is 12.8. The lowest BCUT2D eigenvalue weighted by atomic mass is 9.85. The van der Waals surface area contributed by atoms with Gasteiger partial charge in [0.15, 0.2) is 0 Å². The fraction of sp³-hybridized carbons (Fsp3) is 0.185. The first kappa shape index (κ1) is 21.8. The van der Waals surface area contributed by atoms with Crippen LogP contribution in [0.2, 0.25) is 0 Å². The van der Waals surface area contributed by atoms with Crippen LogP contribution >= 0.6 is 11.3 Å². The van der Waals surface area contributed by atoms with Gasteiger partial charge in [0, 0.05) is 23.6 Å². The molecule has 0 saturated carbocycles. The second-order valence-electron chi connectivity index (χ2n) is 8.83. The lowest BCUT2D eigenvalue weighted by molar-refractivity contribution is 0.262. The van der Waals surface area contributed by atoms with E-state index in [1.165, 1.54) is 16.7 Å². The maximum Gasteiger partial charge on any atom is 0.323 e. The third kappa shape index (κ3) is 5.42. The third-order valence-corrected chi connectivity index (χ3v) is 6.02. The first-order chi connectivity index (χ1) is 15.4. The van der Waals surface area contributed by atoms with Crippen LogP contribution in [0.3, 0.4) is 0 Å². The number of thiophene rings is 1. The number of anilines is 2. The number of aromatic nitrogens is 1. The summed E-state index contributed by atoms with van der Waals surface area (Å²) < 4.78 is 0. The Hall–Kier alpha value is -3.44. The van der Waals surface area contributed by atoms with E-state index in [2.05, 4.69) is 66.0 Å². The van der Waals surface area contributed by atoms with E-state index in [0.29, 0.717) is 0 Å². The molecule has 0 fully saturated rings. The van der Waals surface area contributed by atoms with Crippen molar-refractivity contribution < 1.29 is 4.79 Å². The van der Waals surface area contributed by atoms with Gasteiger partial charge in [0.1, 0.15) is 0 Å². The van der Waals surface area contributed by atoms with Crippen molar-refractivity contribution in [2.24, 2.45) is 0 Å². The van der Waals surface area contributed by atoms with Gasteiger partial charge in [-0.1, -0.05) is 45.0 Å². The van der Waals surface area contributed by atoms with Crippen molar-refractivity contribution in [3.05, 3.63) is 101 Å². The molecule has 0 unspecified atom stereocenters. The van der Waals surface area contributed by atoms with Crippen molar-refractivity contribution in [3.8, 4) is 11.1 Å². The molecule has 0 aliphatic heterocycles. The molecule has 0 spiro atoms. The average molecular weight is 442 g/mol. The molecule has 0 radical (unpaired) electrons. The summed E-state index contributed by atoms with van der Waals surface area (Å²) in [4.78, 5) is 16.9. The monoisotopic (exact) mass is 441 g/mol. The number of amides is 2. The zero-order valence-electron chi connectivity index (χ0n) is 18.6. The summed E-state index contributed by atoms with van der Waals surface area (Å²) in [5.41, 5.74) is 7.23. The summed E-state index contributed by atoms with van der Waals surface area (Å²) in [6.07, 6.45) is 4.43. The molecule has 2 heterocycles. The summed E-state index contributed by atoms with van der Waals surface area (Å²) in [5, 5.41) is 10.2. The van der Waals surface area contributed by atoms with Crippen LogP contribution in [0.4, 0.5) is 16.2 Å². The number of nitrogens with one attached hydrogen (secondary N) is 2. The first-order valence-corrected chi connectivity index (χ1v) is 11.6. The summed E-state index contributed by atoms with van der Waals surface area (Å²) in [7, 11) is 0. The molecule has 2 aromatic carbocycles. The summed E-state index contributed by atoms with van der Waals surface area (Å²) in [5.74, 6) is 0. The Bertz CT molecular complexity index is 1180. The number of hydrogen-bond acceptors (Lipinski definition) is 3. The number of benzene rings is 2. The van der Waals surface area contributed by atoms with E-state index in [0.717, 1.165) is 28.9 Å². The maximum absolute atomic E-state index is 12.8. The molecular weight excluding hydrogens is 414 g/mol. The average Bonchev–Trinajstić information content (AvgIpc) is 3.30. The summed E-state index contributed by atoms with van der Waals surface area (Å²) in [6.45, 7) is 6.51. The highest BCUT2D eigenvalue weighted by atomic mass is 32.1. The van der Waals surface area contributed by atoms with Gasteiger partial charge in [0.05, 0.1) is 5.69 Å². The van der Waals surface area contributed by atoms with Crippen LogP contribution in [-0.4, -0.2) is 11.0 Å². The molecule has 0 aliphatic carbocycles. The third-order valence-electron chi connectivity index (χ3n) is 5.34. The Balaban J connectivity index is 1.49. The Labute approximate surface area is 193 Å². The predicted molar refractivity (Wildman–Crippen MR) is 135 cm³/mol. The quantitative estimate of drug-likeness (QED) is 0.340. The zero-order valence-corrected chi connectivity index (χ0v) is 19.4. The van der Waals surface area contributed by atoms with Gasteiger partial charge in [-0.05, 0) is 81.2 Å². The van der Waals surface area contributed by atoms with Gasteiger partial charge in [0.25, 0.3) is 0 Å². The number of nitrogens with zero attached hydrogens (tertiary/aromatic N) is 1. The van der Waals surface area contributed by atoms with E-state index in [4.69, 9.17) is 0 Å². The topological polar surface area (TPSA) is 54.0 Å². The van der Waals surface area contributed by atoms with Gasteiger partial charge in [-0.2, -0.15) is 11.3 Å². The number of carbonyl (C=O) groups is 1.